The quantitative estimate of drug-likeness (QED) is 0.412. The molecule has 2 N–H and O–H groups in total. The Morgan fingerprint density at radius 2 is 1.70 bits per heavy atom. The van der Waals surface area contributed by atoms with E-state index < -0.39 is 26.6 Å². The normalized spacial score (nSPS) is 15.2. The van der Waals surface area contributed by atoms with E-state index in [1.165, 1.54) is 0 Å². The second kappa shape index (κ2) is 8.00. The summed E-state index contributed by atoms with van der Waals surface area (Å²) in [7, 11) is -4.21. The summed E-state index contributed by atoms with van der Waals surface area (Å²) in [5.74, 6) is -0.588. The Kier molecular flexibility index (Phi) is 5.13. The van der Waals surface area contributed by atoms with E-state index in [2.05, 4.69) is 15.0 Å². The van der Waals surface area contributed by atoms with Gasteiger partial charge in [0.1, 0.15) is 29.3 Å². The van der Waals surface area contributed by atoms with Gasteiger partial charge >= 0.3 is 0 Å². The van der Waals surface area contributed by atoms with Crippen LogP contribution in [0.1, 0.15) is 12.5 Å². The first kappa shape index (κ1) is 21.1. The van der Waals surface area contributed by atoms with E-state index in [1.807, 2.05) is 25.1 Å². The molecule has 6 nitrogen and oxygen atoms in total. The minimum absolute atomic E-state index is 0.106. The molecule has 3 aromatic carbocycles. The number of nitrogens with zero attached hydrogens (tertiary/aromatic N) is 1. The van der Waals surface area contributed by atoms with Gasteiger partial charge in [0.25, 0.3) is 10.0 Å². The third-order valence-corrected chi connectivity index (χ3v) is 6.65. The van der Waals surface area contributed by atoms with E-state index in [9.17, 15) is 17.2 Å². The van der Waals surface area contributed by atoms with Crippen molar-refractivity contribution < 1.29 is 21.9 Å². The van der Waals surface area contributed by atoms with E-state index >= 15 is 0 Å². The lowest BCUT2D eigenvalue weighted by Crippen LogP contribution is -2.14. The number of anilines is 3. The number of para-hydroxylation sites is 1. The molecular formula is C24H19F2N3O3S. The van der Waals surface area contributed by atoms with Gasteiger partial charge in [0, 0.05) is 17.9 Å². The Hall–Kier alpha value is -3.72. The predicted molar refractivity (Wildman–Crippen MR) is 122 cm³/mol. The van der Waals surface area contributed by atoms with Crippen molar-refractivity contribution in [2.24, 2.45) is 0 Å². The molecule has 1 aromatic heterocycles. The van der Waals surface area contributed by atoms with Gasteiger partial charge in [-0.1, -0.05) is 18.2 Å². The molecule has 4 aromatic rings. The molecule has 33 heavy (non-hydrogen) atoms. The number of halogens is 2. The summed E-state index contributed by atoms with van der Waals surface area (Å²) in [6.45, 7) is 2.01. The van der Waals surface area contributed by atoms with Gasteiger partial charge in [0.2, 0.25) is 0 Å². The average molecular weight is 467 g/mol. The maximum Gasteiger partial charge on any atom is 0.262 e. The number of sulfonamides is 1. The monoisotopic (exact) mass is 467 g/mol. The fourth-order valence-corrected chi connectivity index (χ4v) is 5.00. The zero-order chi connectivity index (χ0) is 23.2. The van der Waals surface area contributed by atoms with E-state index in [0.717, 1.165) is 35.6 Å². The summed E-state index contributed by atoms with van der Waals surface area (Å²) >= 11 is 0. The largest absolute Gasteiger partial charge is 0.488 e. The zero-order valence-electron chi connectivity index (χ0n) is 17.5. The molecule has 1 unspecified atom stereocenters. The summed E-state index contributed by atoms with van der Waals surface area (Å²) in [4.78, 5) is 4.08. The van der Waals surface area contributed by atoms with E-state index in [-0.39, 0.29) is 11.8 Å². The summed E-state index contributed by atoms with van der Waals surface area (Å²) < 4.78 is 60.8. The average Bonchev–Trinajstić information content (AvgIpc) is 3.14. The van der Waals surface area contributed by atoms with Crippen LogP contribution < -0.4 is 14.8 Å². The number of pyridine rings is 1. The smallest absolute Gasteiger partial charge is 0.262 e. The van der Waals surface area contributed by atoms with Crippen LogP contribution in [-0.2, 0) is 16.4 Å². The van der Waals surface area contributed by atoms with Crippen LogP contribution in [0.4, 0.5) is 26.0 Å². The Balaban J connectivity index is 1.46. The first-order chi connectivity index (χ1) is 15.8. The van der Waals surface area contributed by atoms with Crippen molar-refractivity contribution in [1.82, 2.24) is 4.98 Å². The second-order valence-electron chi connectivity index (χ2n) is 7.83. The van der Waals surface area contributed by atoms with E-state index in [0.29, 0.717) is 22.8 Å². The molecule has 0 spiro atoms. The van der Waals surface area contributed by atoms with E-state index in [4.69, 9.17) is 4.74 Å². The molecule has 0 radical (unpaired) electrons. The SMILES string of the molecule is CC1Cc2cccc(Nc3ccc4c(NS(=O)(=O)c5cc(F)cc(F)c5)cccc4n3)c2O1. The van der Waals surface area contributed by atoms with Gasteiger partial charge in [-0.15, -0.1) is 0 Å². The Morgan fingerprint density at radius 3 is 2.48 bits per heavy atom. The minimum atomic E-state index is -4.21. The third-order valence-electron chi connectivity index (χ3n) is 5.31. The molecule has 0 aliphatic carbocycles. The molecule has 1 atom stereocenters. The highest BCUT2D eigenvalue weighted by Gasteiger charge is 2.22. The molecule has 168 valence electrons. The maximum atomic E-state index is 13.5. The second-order valence-corrected chi connectivity index (χ2v) is 9.51. The molecule has 9 heteroatoms. The fourth-order valence-electron chi connectivity index (χ4n) is 3.87. The van der Waals surface area contributed by atoms with Crippen molar-refractivity contribution in [1.29, 1.82) is 0 Å². The highest BCUT2D eigenvalue weighted by molar-refractivity contribution is 7.92. The van der Waals surface area contributed by atoms with Crippen molar-refractivity contribution in [2.75, 3.05) is 10.0 Å². The van der Waals surface area contributed by atoms with Gasteiger partial charge < -0.3 is 10.1 Å². The standard InChI is InChI=1S/C24H19F2N3O3S/c1-14-10-15-4-2-7-22(24(15)32-14)28-23-9-8-19-20(27-23)5-3-6-21(19)29-33(30,31)18-12-16(25)11-17(26)13-18/h2-9,11-14,29H,10H2,1H3,(H,27,28). The molecule has 0 saturated carbocycles. The van der Waals surface area contributed by atoms with Crippen LogP contribution >= 0.6 is 0 Å². The first-order valence-electron chi connectivity index (χ1n) is 10.2. The summed E-state index contributed by atoms with van der Waals surface area (Å²) in [6, 6.07) is 16.4. The van der Waals surface area contributed by atoms with Crippen LogP contribution in [0.25, 0.3) is 10.9 Å². The van der Waals surface area contributed by atoms with Crippen LogP contribution in [0.3, 0.4) is 0 Å². The van der Waals surface area contributed by atoms with Crippen LogP contribution in [0.2, 0.25) is 0 Å². The number of hydrogen-bond donors (Lipinski definition) is 2. The number of ether oxygens (including phenoxy) is 1. The minimum Gasteiger partial charge on any atom is -0.488 e. The maximum absolute atomic E-state index is 13.5. The predicted octanol–water partition coefficient (Wildman–Crippen LogP) is 5.38. The molecule has 0 saturated heterocycles. The molecule has 0 amide bonds. The molecule has 2 heterocycles. The molecule has 1 aliphatic heterocycles. The van der Waals surface area contributed by atoms with Crippen molar-refractivity contribution in [3.05, 3.63) is 83.9 Å². The number of benzene rings is 3. The van der Waals surface area contributed by atoms with Gasteiger partial charge in [-0.2, -0.15) is 0 Å². The van der Waals surface area contributed by atoms with Gasteiger partial charge in [-0.05, 0) is 55.0 Å². The lowest BCUT2D eigenvalue weighted by molar-refractivity contribution is 0.256. The number of rotatable bonds is 5. The number of nitrogens with one attached hydrogen (secondary N) is 2. The Bertz CT molecular complexity index is 1470. The molecule has 5 rings (SSSR count). The molecule has 0 bridgehead atoms. The van der Waals surface area contributed by atoms with E-state index in [1.54, 1.807) is 30.3 Å². The van der Waals surface area contributed by atoms with Gasteiger partial charge in [-0.3, -0.25) is 4.72 Å². The highest BCUT2D eigenvalue weighted by atomic mass is 32.2. The van der Waals surface area contributed by atoms with Crippen LogP contribution in [-0.4, -0.2) is 19.5 Å². The fraction of sp³-hybridized carbons (Fsp3) is 0.125. The van der Waals surface area contributed by atoms with Crippen molar-refractivity contribution in [3.8, 4) is 5.75 Å². The van der Waals surface area contributed by atoms with Gasteiger partial charge in [-0.25, -0.2) is 22.2 Å². The van der Waals surface area contributed by atoms with Crippen LogP contribution in [0, 0.1) is 11.6 Å². The lowest BCUT2D eigenvalue weighted by atomic mass is 10.1. The van der Waals surface area contributed by atoms with Crippen molar-refractivity contribution in [3.63, 3.8) is 0 Å². The topological polar surface area (TPSA) is 80.3 Å². The molecular weight excluding hydrogens is 448 g/mol. The Morgan fingerprint density at radius 1 is 0.970 bits per heavy atom. The zero-order valence-corrected chi connectivity index (χ0v) is 18.3. The summed E-state index contributed by atoms with van der Waals surface area (Å²) in [6.07, 6.45) is 0.948. The first-order valence-corrected chi connectivity index (χ1v) is 11.7. The number of hydrogen-bond acceptors (Lipinski definition) is 5. The molecule has 0 fully saturated rings. The number of aromatic nitrogens is 1. The summed E-state index contributed by atoms with van der Waals surface area (Å²) in [5.41, 5.74) is 2.70. The van der Waals surface area contributed by atoms with Gasteiger partial charge in [0.15, 0.2) is 0 Å². The van der Waals surface area contributed by atoms with Crippen LogP contribution in [0.5, 0.6) is 5.75 Å². The van der Waals surface area contributed by atoms with Crippen molar-refractivity contribution in [2.45, 2.75) is 24.3 Å². The van der Waals surface area contributed by atoms with Gasteiger partial charge in [0.05, 0.1) is 21.8 Å². The van der Waals surface area contributed by atoms with Crippen LogP contribution in [0.15, 0.2) is 71.6 Å². The molecule has 1 aliphatic rings. The van der Waals surface area contributed by atoms with Crippen molar-refractivity contribution >= 4 is 38.1 Å². The third kappa shape index (κ3) is 4.19. The number of fused-ring (bicyclic) bond motifs is 2. The Labute approximate surface area is 189 Å². The highest BCUT2D eigenvalue weighted by Crippen LogP contribution is 2.37. The summed E-state index contributed by atoms with van der Waals surface area (Å²) in [5, 5.41) is 3.80. The lowest BCUT2D eigenvalue weighted by Gasteiger charge is -2.13.